The van der Waals surface area contributed by atoms with E-state index >= 15 is 0 Å². The number of carbonyl (C=O) groups excluding carboxylic acids is 2. The lowest BCUT2D eigenvalue weighted by molar-refractivity contribution is -0.161. The molecule has 2 aromatic rings. The number of carbonyl (C=O) groups is 2. The van der Waals surface area contributed by atoms with Crippen LogP contribution in [0.3, 0.4) is 0 Å². The van der Waals surface area contributed by atoms with Gasteiger partial charge in [-0.05, 0) is 24.3 Å². The molecule has 0 radical (unpaired) electrons. The number of halogens is 3. The molecule has 0 aromatic heterocycles. The van der Waals surface area contributed by atoms with E-state index in [1.165, 1.54) is 57.7 Å². The summed E-state index contributed by atoms with van der Waals surface area (Å²) in [6, 6.07) is 10.1. The van der Waals surface area contributed by atoms with Crippen molar-refractivity contribution >= 4 is 17.7 Å². The number of hydrogen-bond acceptors (Lipinski definition) is 6. The quantitative estimate of drug-likeness (QED) is 0.665. The molecule has 29 heavy (non-hydrogen) atoms. The summed E-state index contributed by atoms with van der Waals surface area (Å²) in [5.74, 6) is -0.432. The lowest BCUT2D eigenvalue weighted by Gasteiger charge is -2.20. The smallest absolute Gasteiger partial charge is 0.422 e. The number of para-hydroxylation sites is 1. The fourth-order valence-electron chi connectivity index (χ4n) is 2.28. The maximum Gasteiger partial charge on any atom is 0.422 e. The van der Waals surface area contributed by atoms with Gasteiger partial charge in [0.05, 0.1) is 25.5 Å². The number of amides is 1. The van der Waals surface area contributed by atoms with Gasteiger partial charge in [0.15, 0.2) is 18.1 Å². The number of rotatable bonds is 6. The van der Waals surface area contributed by atoms with Gasteiger partial charge in [0.2, 0.25) is 0 Å². The van der Waals surface area contributed by atoms with Gasteiger partial charge >= 0.3 is 18.2 Å². The maximum absolute atomic E-state index is 12.5. The Labute approximate surface area is 164 Å². The molecule has 1 amide bonds. The summed E-state index contributed by atoms with van der Waals surface area (Å²) in [6.07, 6.45) is -5.56. The second-order valence-corrected chi connectivity index (χ2v) is 5.65. The van der Waals surface area contributed by atoms with Crippen LogP contribution in [0.25, 0.3) is 0 Å². The van der Waals surface area contributed by atoms with Crippen molar-refractivity contribution < 1.29 is 41.7 Å². The molecular formula is C19H18F3NO6. The molecule has 0 unspecified atom stereocenters. The van der Waals surface area contributed by atoms with Gasteiger partial charge in [-0.25, -0.2) is 9.59 Å². The maximum atomic E-state index is 12.5. The molecule has 0 aliphatic heterocycles. The van der Waals surface area contributed by atoms with E-state index in [9.17, 15) is 22.8 Å². The summed E-state index contributed by atoms with van der Waals surface area (Å²) >= 11 is 0. The molecule has 0 spiro atoms. The van der Waals surface area contributed by atoms with Gasteiger partial charge in [-0.2, -0.15) is 13.2 Å². The predicted octanol–water partition coefficient (Wildman–Crippen LogP) is 4.06. The lowest BCUT2D eigenvalue weighted by atomic mass is 10.1. The molecule has 0 N–H and O–H groups in total. The molecule has 156 valence electrons. The number of alkyl halides is 3. The SMILES string of the molecule is COc1ccc(OC(=O)N(C)c2ccccc2C(=O)OCC(F)(F)F)c(OC)c1. The van der Waals surface area contributed by atoms with Crippen molar-refractivity contribution in [2.24, 2.45) is 0 Å². The lowest BCUT2D eigenvalue weighted by Crippen LogP contribution is -2.31. The summed E-state index contributed by atoms with van der Waals surface area (Å²) in [7, 11) is 4.14. The first-order chi connectivity index (χ1) is 13.7. The summed E-state index contributed by atoms with van der Waals surface area (Å²) in [4.78, 5) is 25.5. The molecule has 0 saturated heterocycles. The molecule has 0 fully saturated rings. The van der Waals surface area contributed by atoms with E-state index in [2.05, 4.69) is 4.74 Å². The molecule has 0 heterocycles. The van der Waals surface area contributed by atoms with Crippen LogP contribution in [0, 0.1) is 0 Å². The minimum atomic E-state index is -4.67. The minimum Gasteiger partial charge on any atom is -0.497 e. The zero-order valence-electron chi connectivity index (χ0n) is 15.8. The third-order valence-corrected chi connectivity index (χ3v) is 3.69. The molecule has 10 heteroatoms. The van der Waals surface area contributed by atoms with E-state index < -0.39 is 24.8 Å². The van der Waals surface area contributed by atoms with E-state index in [1.54, 1.807) is 6.07 Å². The number of nitrogens with zero attached hydrogens (tertiary/aromatic N) is 1. The third kappa shape index (κ3) is 5.77. The van der Waals surface area contributed by atoms with Crippen molar-refractivity contribution in [2.75, 3.05) is 32.8 Å². The molecule has 2 rings (SSSR count). The number of ether oxygens (including phenoxy) is 4. The summed E-state index contributed by atoms with van der Waals surface area (Å²) in [5.41, 5.74) is -0.213. The topological polar surface area (TPSA) is 74.3 Å². The molecule has 0 bridgehead atoms. The normalized spacial score (nSPS) is 10.8. The summed E-state index contributed by atoms with van der Waals surface area (Å²) < 4.78 is 56.7. The molecule has 0 aliphatic carbocycles. The standard InChI is InChI=1S/C19H18F3NO6/c1-23(18(25)29-15-9-8-12(26-2)10-16(15)27-3)14-7-5-4-6-13(14)17(24)28-11-19(20,21)22/h4-10H,11H2,1-3H3. The molecule has 0 atom stereocenters. The van der Waals surface area contributed by atoms with Crippen LogP contribution in [0.5, 0.6) is 17.2 Å². The Hall–Kier alpha value is -3.43. The summed E-state index contributed by atoms with van der Waals surface area (Å²) in [6.45, 7) is -1.74. The Morgan fingerprint density at radius 1 is 1.00 bits per heavy atom. The number of esters is 1. The van der Waals surface area contributed by atoms with E-state index in [4.69, 9.17) is 14.2 Å². The van der Waals surface area contributed by atoms with E-state index in [-0.39, 0.29) is 22.7 Å². The Balaban J connectivity index is 2.21. The molecule has 7 nitrogen and oxygen atoms in total. The van der Waals surface area contributed by atoms with Crippen molar-refractivity contribution in [3.05, 3.63) is 48.0 Å². The molecule has 2 aromatic carbocycles. The van der Waals surface area contributed by atoms with Gasteiger partial charge in [0.1, 0.15) is 5.75 Å². The molecular weight excluding hydrogens is 395 g/mol. The first-order valence-electron chi connectivity index (χ1n) is 8.16. The van der Waals surface area contributed by atoms with Crippen LogP contribution in [-0.4, -0.2) is 46.1 Å². The highest BCUT2D eigenvalue weighted by molar-refractivity contribution is 6.01. The van der Waals surface area contributed by atoms with Crippen LogP contribution in [0.15, 0.2) is 42.5 Å². The summed E-state index contributed by atoms with van der Waals surface area (Å²) in [5, 5.41) is 0. The van der Waals surface area contributed by atoms with Crippen molar-refractivity contribution in [2.45, 2.75) is 6.18 Å². The van der Waals surface area contributed by atoms with Crippen LogP contribution in [-0.2, 0) is 4.74 Å². The number of methoxy groups -OCH3 is 2. The van der Waals surface area contributed by atoms with E-state index in [1.807, 2.05) is 0 Å². The highest BCUT2D eigenvalue weighted by atomic mass is 19.4. The fourth-order valence-corrected chi connectivity index (χ4v) is 2.28. The van der Waals surface area contributed by atoms with Crippen molar-refractivity contribution in [1.29, 1.82) is 0 Å². The van der Waals surface area contributed by atoms with Crippen LogP contribution >= 0.6 is 0 Å². The second-order valence-electron chi connectivity index (χ2n) is 5.65. The Morgan fingerprint density at radius 3 is 2.31 bits per heavy atom. The Bertz CT molecular complexity index is 884. The number of anilines is 1. The van der Waals surface area contributed by atoms with E-state index in [0.29, 0.717) is 5.75 Å². The fraction of sp³-hybridized carbons (Fsp3) is 0.263. The molecule has 0 aliphatic rings. The van der Waals surface area contributed by atoms with Crippen LogP contribution in [0.1, 0.15) is 10.4 Å². The zero-order chi connectivity index (χ0) is 21.6. The third-order valence-electron chi connectivity index (χ3n) is 3.69. The van der Waals surface area contributed by atoms with Crippen molar-refractivity contribution in [3.8, 4) is 17.2 Å². The minimum absolute atomic E-state index is 0.0113. The molecule has 0 saturated carbocycles. The van der Waals surface area contributed by atoms with Gasteiger partial charge in [-0.3, -0.25) is 4.90 Å². The second kappa shape index (κ2) is 9.18. The van der Waals surface area contributed by atoms with Gasteiger partial charge in [-0.1, -0.05) is 12.1 Å². The van der Waals surface area contributed by atoms with Gasteiger partial charge in [0.25, 0.3) is 0 Å². The van der Waals surface area contributed by atoms with Gasteiger partial charge in [-0.15, -0.1) is 0 Å². The van der Waals surface area contributed by atoms with Crippen molar-refractivity contribution in [1.82, 2.24) is 0 Å². The van der Waals surface area contributed by atoms with Crippen LogP contribution in [0.2, 0.25) is 0 Å². The largest absolute Gasteiger partial charge is 0.497 e. The van der Waals surface area contributed by atoms with Crippen LogP contribution in [0.4, 0.5) is 23.7 Å². The van der Waals surface area contributed by atoms with Gasteiger partial charge in [0, 0.05) is 13.1 Å². The number of hydrogen-bond donors (Lipinski definition) is 0. The number of benzene rings is 2. The first kappa shape index (κ1) is 21.9. The Morgan fingerprint density at radius 2 is 1.69 bits per heavy atom. The van der Waals surface area contributed by atoms with Crippen molar-refractivity contribution in [3.63, 3.8) is 0 Å². The monoisotopic (exact) mass is 413 g/mol. The average Bonchev–Trinajstić information content (AvgIpc) is 2.71. The van der Waals surface area contributed by atoms with Gasteiger partial charge < -0.3 is 18.9 Å². The first-order valence-corrected chi connectivity index (χ1v) is 8.16. The highest BCUT2D eigenvalue weighted by Crippen LogP contribution is 2.32. The van der Waals surface area contributed by atoms with E-state index in [0.717, 1.165) is 4.90 Å². The predicted molar refractivity (Wildman–Crippen MR) is 96.8 cm³/mol. The zero-order valence-corrected chi connectivity index (χ0v) is 15.8. The Kier molecular flexibility index (Phi) is 6.92. The van der Waals surface area contributed by atoms with Crippen LogP contribution < -0.4 is 19.1 Å². The average molecular weight is 413 g/mol. The highest BCUT2D eigenvalue weighted by Gasteiger charge is 2.31.